The number of rotatable bonds is 2. The number of aryl methyl sites for hydroxylation is 2. The number of nitrogens with two attached hydrogens (primary N) is 1. The molecule has 0 spiro atoms. The number of pyridine rings is 1. The molecule has 2 N–H and O–H groups in total. The van der Waals surface area contributed by atoms with Crippen LogP contribution in [0.5, 0.6) is 0 Å². The topological polar surface area (TPSA) is 59.2 Å². The van der Waals surface area contributed by atoms with Gasteiger partial charge in [0.15, 0.2) is 0 Å². The van der Waals surface area contributed by atoms with E-state index >= 15 is 0 Å². The molecule has 1 saturated heterocycles. The zero-order chi connectivity index (χ0) is 14.0. The summed E-state index contributed by atoms with van der Waals surface area (Å²) in [5.74, 6) is 0.648. The molecule has 1 aromatic rings. The molecule has 0 aliphatic carbocycles. The van der Waals surface area contributed by atoms with Crippen LogP contribution < -0.4 is 5.73 Å². The smallest absolute Gasteiger partial charge is 0.255 e. The molecule has 0 radical (unpaired) electrons. The van der Waals surface area contributed by atoms with Crippen LogP contribution in [-0.4, -0.2) is 34.9 Å². The average molecular weight is 261 g/mol. The Morgan fingerprint density at radius 2 is 2.00 bits per heavy atom. The van der Waals surface area contributed by atoms with Crippen molar-refractivity contribution in [1.82, 2.24) is 9.88 Å². The molecule has 0 aromatic carbocycles. The first-order valence-corrected chi connectivity index (χ1v) is 6.98. The zero-order valence-corrected chi connectivity index (χ0v) is 12.0. The number of likely N-dealkylation sites (tertiary alicyclic amines) is 1. The molecule has 1 fully saturated rings. The summed E-state index contributed by atoms with van der Waals surface area (Å²) in [6.45, 7) is 7.50. The molecule has 0 saturated carbocycles. The summed E-state index contributed by atoms with van der Waals surface area (Å²) in [5, 5.41) is 0. The lowest BCUT2D eigenvalue weighted by molar-refractivity contribution is 0.0679. The lowest BCUT2D eigenvalue weighted by Crippen LogP contribution is -2.42. The molecule has 1 unspecified atom stereocenters. The monoisotopic (exact) mass is 261 g/mol. The summed E-state index contributed by atoms with van der Waals surface area (Å²) in [5.41, 5.74) is 8.42. The van der Waals surface area contributed by atoms with Crippen LogP contribution >= 0.6 is 0 Å². The van der Waals surface area contributed by atoms with Crippen LogP contribution in [0.1, 0.15) is 41.5 Å². The third kappa shape index (κ3) is 3.13. The molecule has 4 nitrogen and oxygen atoms in total. The van der Waals surface area contributed by atoms with Crippen molar-refractivity contribution in [1.29, 1.82) is 0 Å². The van der Waals surface area contributed by atoms with Crippen molar-refractivity contribution < 1.29 is 4.79 Å². The van der Waals surface area contributed by atoms with Crippen molar-refractivity contribution in [2.24, 2.45) is 11.7 Å². The van der Waals surface area contributed by atoms with Crippen molar-refractivity contribution >= 4 is 5.91 Å². The van der Waals surface area contributed by atoms with E-state index in [9.17, 15) is 4.79 Å². The summed E-state index contributed by atoms with van der Waals surface area (Å²) in [7, 11) is 0. The molecule has 1 aliphatic heterocycles. The van der Waals surface area contributed by atoms with E-state index in [1.165, 1.54) is 0 Å². The molecule has 1 amide bonds. The Morgan fingerprint density at radius 1 is 1.37 bits per heavy atom. The van der Waals surface area contributed by atoms with Crippen molar-refractivity contribution in [2.75, 3.05) is 13.1 Å². The molecular formula is C15H23N3O. The number of hydrogen-bond acceptors (Lipinski definition) is 3. The normalized spacial score (nSPS) is 18.4. The van der Waals surface area contributed by atoms with Crippen LogP contribution in [0, 0.1) is 19.8 Å². The van der Waals surface area contributed by atoms with Crippen molar-refractivity contribution in [3.63, 3.8) is 0 Å². The highest BCUT2D eigenvalue weighted by Crippen LogP contribution is 2.21. The van der Waals surface area contributed by atoms with Crippen LogP contribution in [0.4, 0.5) is 0 Å². The molecule has 1 aliphatic rings. The molecule has 1 atom stereocenters. The Kier molecular flexibility index (Phi) is 4.20. The van der Waals surface area contributed by atoms with E-state index in [-0.39, 0.29) is 11.9 Å². The first kappa shape index (κ1) is 14.0. The predicted molar refractivity (Wildman–Crippen MR) is 76.0 cm³/mol. The highest BCUT2D eigenvalue weighted by molar-refractivity contribution is 5.95. The van der Waals surface area contributed by atoms with Crippen LogP contribution in [-0.2, 0) is 0 Å². The van der Waals surface area contributed by atoms with Crippen molar-refractivity contribution in [2.45, 2.75) is 39.7 Å². The molecule has 0 bridgehead atoms. The van der Waals surface area contributed by atoms with Gasteiger partial charge in [0.05, 0.1) is 11.3 Å². The maximum absolute atomic E-state index is 12.5. The lowest BCUT2D eigenvalue weighted by atomic mass is 9.90. The van der Waals surface area contributed by atoms with Gasteiger partial charge in [-0.05, 0) is 51.7 Å². The lowest BCUT2D eigenvalue weighted by Gasteiger charge is -2.34. The molecule has 4 heteroatoms. The van der Waals surface area contributed by atoms with Crippen LogP contribution in [0.25, 0.3) is 0 Å². The van der Waals surface area contributed by atoms with Crippen LogP contribution in [0.3, 0.4) is 0 Å². The number of carbonyl (C=O) groups excluding carboxylic acids is 1. The van der Waals surface area contributed by atoms with E-state index in [1.807, 2.05) is 30.9 Å². The first-order valence-electron chi connectivity index (χ1n) is 6.98. The fourth-order valence-electron chi connectivity index (χ4n) is 2.71. The van der Waals surface area contributed by atoms with Gasteiger partial charge in [-0.3, -0.25) is 9.78 Å². The van der Waals surface area contributed by atoms with E-state index in [1.54, 1.807) is 0 Å². The predicted octanol–water partition coefficient (Wildman–Crippen LogP) is 1.90. The van der Waals surface area contributed by atoms with Gasteiger partial charge >= 0.3 is 0 Å². The average Bonchev–Trinajstić information content (AvgIpc) is 2.38. The summed E-state index contributed by atoms with van der Waals surface area (Å²) >= 11 is 0. The van der Waals surface area contributed by atoms with Gasteiger partial charge in [-0.15, -0.1) is 0 Å². The van der Waals surface area contributed by atoms with Gasteiger partial charge in [0.2, 0.25) is 0 Å². The minimum absolute atomic E-state index is 0.105. The zero-order valence-electron chi connectivity index (χ0n) is 12.0. The fourth-order valence-corrected chi connectivity index (χ4v) is 2.71. The van der Waals surface area contributed by atoms with Gasteiger partial charge < -0.3 is 10.6 Å². The number of hydrogen-bond donors (Lipinski definition) is 1. The molecule has 104 valence electrons. The Labute approximate surface area is 115 Å². The molecule has 2 heterocycles. The number of carbonyl (C=O) groups is 1. The standard InChI is InChI=1S/C15H23N3O/c1-10-4-5-14(12(3)17-10)15(19)18-8-6-13(7-9-18)11(2)16/h4-5,11,13H,6-9,16H2,1-3H3. The second kappa shape index (κ2) is 5.70. The maximum Gasteiger partial charge on any atom is 0.255 e. The second-order valence-corrected chi connectivity index (χ2v) is 5.57. The summed E-state index contributed by atoms with van der Waals surface area (Å²) < 4.78 is 0. The second-order valence-electron chi connectivity index (χ2n) is 5.57. The number of piperidine rings is 1. The van der Waals surface area contributed by atoms with Gasteiger partial charge in [-0.2, -0.15) is 0 Å². The van der Waals surface area contributed by atoms with E-state index in [2.05, 4.69) is 11.9 Å². The largest absolute Gasteiger partial charge is 0.339 e. The van der Waals surface area contributed by atoms with E-state index < -0.39 is 0 Å². The SMILES string of the molecule is Cc1ccc(C(=O)N2CCC(C(C)N)CC2)c(C)n1. The number of nitrogens with zero attached hydrogens (tertiary/aromatic N) is 2. The third-order valence-corrected chi connectivity index (χ3v) is 4.03. The van der Waals surface area contributed by atoms with Crippen LogP contribution in [0.15, 0.2) is 12.1 Å². The highest BCUT2D eigenvalue weighted by Gasteiger charge is 2.26. The minimum atomic E-state index is 0.105. The van der Waals surface area contributed by atoms with Gasteiger partial charge in [-0.1, -0.05) is 0 Å². The van der Waals surface area contributed by atoms with Gasteiger partial charge in [0.25, 0.3) is 5.91 Å². The Balaban J connectivity index is 2.05. The molecule has 1 aromatic heterocycles. The van der Waals surface area contributed by atoms with Gasteiger partial charge in [0.1, 0.15) is 0 Å². The van der Waals surface area contributed by atoms with E-state index in [0.29, 0.717) is 5.92 Å². The van der Waals surface area contributed by atoms with Crippen molar-refractivity contribution in [3.8, 4) is 0 Å². The summed E-state index contributed by atoms with van der Waals surface area (Å²) in [6, 6.07) is 4.01. The quantitative estimate of drug-likeness (QED) is 0.884. The maximum atomic E-state index is 12.5. The summed E-state index contributed by atoms with van der Waals surface area (Å²) in [6.07, 6.45) is 2.00. The van der Waals surface area contributed by atoms with E-state index in [0.717, 1.165) is 42.9 Å². The van der Waals surface area contributed by atoms with Crippen molar-refractivity contribution in [3.05, 3.63) is 29.1 Å². The van der Waals surface area contributed by atoms with Gasteiger partial charge in [0, 0.05) is 24.8 Å². The Morgan fingerprint density at radius 3 is 2.53 bits per heavy atom. The van der Waals surface area contributed by atoms with Gasteiger partial charge in [-0.25, -0.2) is 0 Å². The Bertz CT molecular complexity index is 462. The molecular weight excluding hydrogens is 238 g/mol. The Hall–Kier alpha value is -1.42. The number of amides is 1. The molecule has 19 heavy (non-hydrogen) atoms. The van der Waals surface area contributed by atoms with Crippen LogP contribution in [0.2, 0.25) is 0 Å². The number of aromatic nitrogens is 1. The fraction of sp³-hybridized carbons (Fsp3) is 0.600. The molecule has 2 rings (SSSR count). The first-order chi connectivity index (χ1) is 8.99. The summed E-state index contributed by atoms with van der Waals surface area (Å²) in [4.78, 5) is 18.8. The highest BCUT2D eigenvalue weighted by atomic mass is 16.2. The minimum Gasteiger partial charge on any atom is -0.339 e. The third-order valence-electron chi connectivity index (χ3n) is 4.03. The van der Waals surface area contributed by atoms with E-state index in [4.69, 9.17) is 5.73 Å².